The third kappa shape index (κ3) is 2.47. The molecule has 104 valence electrons. The van der Waals surface area contributed by atoms with Gasteiger partial charge < -0.3 is 10.0 Å². The molecule has 1 aromatic rings. The first-order chi connectivity index (χ1) is 9.06. The van der Waals surface area contributed by atoms with E-state index in [1.165, 1.54) is 0 Å². The Morgan fingerprint density at radius 1 is 1.58 bits per heavy atom. The van der Waals surface area contributed by atoms with Gasteiger partial charge in [0.2, 0.25) is 5.91 Å². The summed E-state index contributed by atoms with van der Waals surface area (Å²) in [5.74, 6) is -1.39. The second-order valence-corrected chi connectivity index (χ2v) is 4.84. The van der Waals surface area contributed by atoms with Gasteiger partial charge in [-0.05, 0) is 25.8 Å². The fourth-order valence-corrected chi connectivity index (χ4v) is 2.82. The zero-order valence-corrected chi connectivity index (χ0v) is 11.2. The molecule has 6 nitrogen and oxygen atoms in total. The second kappa shape index (κ2) is 5.42. The summed E-state index contributed by atoms with van der Waals surface area (Å²) in [7, 11) is 1.78. The van der Waals surface area contributed by atoms with E-state index in [1.807, 2.05) is 6.92 Å². The average molecular weight is 265 g/mol. The van der Waals surface area contributed by atoms with Crippen LogP contribution in [0.2, 0.25) is 0 Å². The Labute approximate surface area is 112 Å². The minimum atomic E-state index is -0.848. The van der Waals surface area contributed by atoms with Crippen LogP contribution in [0.1, 0.15) is 37.9 Å². The van der Waals surface area contributed by atoms with Gasteiger partial charge in [0.1, 0.15) is 0 Å². The number of rotatable bonds is 3. The smallest absolute Gasteiger partial charge is 0.309 e. The highest BCUT2D eigenvalue weighted by Gasteiger charge is 2.39. The van der Waals surface area contributed by atoms with E-state index >= 15 is 0 Å². The Morgan fingerprint density at radius 3 is 2.84 bits per heavy atom. The quantitative estimate of drug-likeness (QED) is 0.890. The van der Waals surface area contributed by atoms with Gasteiger partial charge in [-0.15, -0.1) is 0 Å². The zero-order chi connectivity index (χ0) is 14.0. The standard InChI is InChI=1S/C13H19N3O3/c1-3-16-11(17)6-4-5-9(13(18)19)12(16)10-7-8-14-15(10)2/h7-9,12H,3-6H2,1-2H3,(H,18,19). The summed E-state index contributed by atoms with van der Waals surface area (Å²) < 4.78 is 1.65. The van der Waals surface area contributed by atoms with E-state index in [1.54, 1.807) is 28.9 Å². The van der Waals surface area contributed by atoms with Gasteiger partial charge in [-0.2, -0.15) is 5.10 Å². The van der Waals surface area contributed by atoms with Crippen LogP contribution in [-0.2, 0) is 16.6 Å². The highest BCUT2D eigenvalue weighted by atomic mass is 16.4. The van der Waals surface area contributed by atoms with Crippen LogP contribution >= 0.6 is 0 Å². The van der Waals surface area contributed by atoms with Crippen LogP contribution in [0.3, 0.4) is 0 Å². The van der Waals surface area contributed by atoms with E-state index in [2.05, 4.69) is 5.10 Å². The maximum absolute atomic E-state index is 12.1. The molecule has 1 aliphatic rings. The van der Waals surface area contributed by atoms with Crippen LogP contribution < -0.4 is 0 Å². The number of carboxylic acids is 1. The molecule has 2 heterocycles. The molecular formula is C13H19N3O3. The van der Waals surface area contributed by atoms with Crippen LogP contribution in [-0.4, -0.2) is 38.2 Å². The Bertz CT molecular complexity index is 481. The molecular weight excluding hydrogens is 246 g/mol. The lowest BCUT2D eigenvalue weighted by atomic mass is 9.92. The van der Waals surface area contributed by atoms with E-state index in [0.29, 0.717) is 25.8 Å². The first-order valence-corrected chi connectivity index (χ1v) is 6.56. The number of nitrogens with zero attached hydrogens (tertiary/aromatic N) is 3. The first-order valence-electron chi connectivity index (χ1n) is 6.56. The molecule has 1 aromatic heterocycles. The van der Waals surface area contributed by atoms with Crippen molar-refractivity contribution in [3.63, 3.8) is 0 Å². The molecule has 1 N–H and O–H groups in total. The Balaban J connectivity index is 2.47. The highest BCUT2D eigenvalue weighted by molar-refractivity contribution is 5.79. The van der Waals surface area contributed by atoms with E-state index in [0.717, 1.165) is 5.69 Å². The summed E-state index contributed by atoms with van der Waals surface area (Å²) >= 11 is 0. The number of hydrogen-bond acceptors (Lipinski definition) is 3. The number of likely N-dealkylation sites (tertiary alicyclic amines) is 1. The summed E-state index contributed by atoms with van der Waals surface area (Å²) in [6, 6.07) is 1.37. The van der Waals surface area contributed by atoms with Gasteiger partial charge in [0.25, 0.3) is 0 Å². The molecule has 0 aliphatic carbocycles. The van der Waals surface area contributed by atoms with E-state index in [4.69, 9.17) is 0 Å². The number of amides is 1. The van der Waals surface area contributed by atoms with E-state index < -0.39 is 17.9 Å². The number of carbonyl (C=O) groups is 2. The van der Waals surface area contributed by atoms with Crippen molar-refractivity contribution in [1.82, 2.24) is 14.7 Å². The molecule has 1 saturated heterocycles. The van der Waals surface area contributed by atoms with Crippen molar-refractivity contribution < 1.29 is 14.7 Å². The maximum atomic E-state index is 12.1. The molecule has 6 heteroatoms. The number of carboxylic acid groups (broad SMARTS) is 1. The fraction of sp³-hybridized carbons (Fsp3) is 0.615. The SMILES string of the molecule is CCN1C(=O)CCCC(C(=O)O)C1c1ccnn1C. The summed E-state index contributed by atoms with van der Waals surface area (Å²) in [6.07, 6.45) is 3.21. The maximum Gasteiger partial charge on any atom is 0.309 e. The van der Waals surface area contributed by atoms with Gasteiger partial charge in [0, 0.05) is 26.2 Å². The van der Waals surface area contributed by atoms with Gasteiger partial charge in [0.15, 0.2) is 0 Å². The molecule has 1 aliphatic heterocycles. The lowest BCUT2D eigenvalue weighted by molar-refractivity contribution is -0.146. The lowest BCUT2D eigenvalue weighted by Gasteiger charge is -2.32. The number of carbonyl (C=O) groups excluding carboxylic acids is 1. The zero-order valence-electron chi connectivity index (χ0n) is 11.2. The molecule has 1 amide bonds. The number of hydrogen-bond donors (Lipinski definition) is 1. The van der Waals surface area contributed by atoms with Crippen molar-refractivity contribution in [3.8, 4) is 0 Å². The molecule has 0 aromatic carbocycles. The number of aryl methyl sites for hydroxylation is 1. The van der Waals surface area contributed by atoms with Gasteiger partial charge in [0.05, 0.1) is 17.7 Å². The van der Waals surface area contributed by atoms with Crippen LogP contribution in [0.15, 0.2) is 12.3 Å². The molecule has 0 bridgehead atoms. The molecule has 0 spiro atoms. The number of aromatic nitrogens is 2. The molecule has 2 rings (SSSR count). The predicted octanol–water partition coefficient (Wildman–Crippen LogP) is 1.19. The van der Waals surface area contributed by atoms with Gasteiger partial charge in [-0.1, -0.05) is 0 Å². The minimum Gasteiger partial charge on any atom is -0.481 e. The van der Waals surface area contributed by atoms with Gasteiger partial charge >= 0.3 is 5.97 Å². The van der Waals surface area contributed by atoms with Crippen molar-refractivity contribution in [1.29, 1.82) is 0 Å². The van der Waals surface area contributed by atoms with Crippen LogP contribution in [0.4, 0.5) is 0 Å². The van der Waals surface area contributed by atoms with Crippen molar-refractivity contribution >= 4 is 11.9 Å². The number of aliphatic carboxylic acids is 1. The summed E-state index contributed by atoms with van der Waals surface area (Å²) in [4.78, 5) is 25.3. The fourth-order valence-electron chi connectivity index (χ4n) is 2.82. The van der Waals surface area contributed by atoms with Gasteiger partial charge in [-0.25, -0.2) is 0 Å². The summed E-state index contributed by atoms with van der Waals surface area (Å²) in [5, 5.41) is 13.6. The van der Waals surface area contributed by atoms with Crippen molar-refractivity contribution in [2.75, 3.05) is 6.54 Å². The van der Waals surface area contributed by atoms with Crippen molar-refractivity contribution in [2.45, 2.75) is 32.2 Å². The molecule has 0 radical (unpaired) electrons. The Hall–Kier alpha value is -1.85. The Morgan fingerprint density at radius 2 is 2.32 bits per heavy atom. The molecule has 0 saturated carbocycles. The third-order valence-corrected chi connectivity index (χ3v) is 3.76. The van der Waals surface area contributed by atoms with Gasteiger partial charge in [-0.3, -0.25) is 14.3 Å². The largest absolute Gasteiger partial charge is 0.481 e. The molecule has 19 heavy (non-hydrogen) atoms. The third-order valence-electron chi connectivity index (χ3n) is 3.76. The molecule has 2 atom stereocenters. The van der Waals surface area contributed by atoms with Crippen molar-refractivity contribution in [3.05, 3.63) is 18.0 Å². The summed E-state index contributed by atoms with van der Waals surface area (Å²) in [6.45, 7) is 2.39. The highest BCUT2D eigenvalue weighted by Crippen LogP contribution is 2.35. The van der Waals surface area contributed by atoms with E-state index in [-0.39, 0.29) is 5.91 Å². The average Bonchev–Trinajstić information content (AvgIpc) is 2.69. The first kappa shape index (κ1) is 13.6. The normalized spacial score (nSPS) is 24.3. The van der Waals surface area contributed by atoms with Crippen molar-refractivity contribution in [2.24, 2.45) is 13.0 Å². The second-order valence-electron chi connectivity index (χ2n) is 4.84. The molecule has 1 fully saturated rings. The van der Waals surface area contributed by atoms with Crippen LogP contribution in [0, 0.1) is 5.92 Å². The Kier molecular flexibility index (Phi) is 3.87. The minimum absolute atomic E-state index is 0.0254. The van der Waals surface area contributed by atoms with Crippen LogP contribution in [0.25, 0.3) is 0 Å². The molecule has 2 unspecified atom stereocenters. The topological polar surface area (TPSA) is 75.4 Å². The van der Waals surface area contributed by atoms with E-state index in [9.17, 15) is 14.7 Å². The summed E-state index contributed by atoms with van der Waals surface area (Å²) in [5.41, 5.74) is 0.782. The predicted molar refractivity (Wildman–Crippen MR) is 68.3 cm³/mol. The lowest BCUT2D eigenvalue weighted by Crippen LogP contribution is -2.39. The van der Waals surface area contributed by atoms with Crippen LogP contribution in [0.5, 0.6) is 0 Å². The monoisotopic (exact) mass is 265 g/mol.